The summed E-state index contributed by atoms with van der Waals surface area (Å²) in [6.07, 6.45) is 4.64. The standard InChI is InChI=1S/C27H23N5O2S/c1-31-14-6-10-19(16-31)29-25(33)24-23-22-21(12-13-28-26(22)35-24)32(27(34)30-23)20-11-5-9-18(15-20)17-7-3-2-4-8-17/h2-5,7-13,15H,6,14,16H2,1H3,(H,29,33)(H,30,34). The molecular formula is C27H23N5O2S. The lowest BCUT2D eigenvalue weighted by molar-refractivity contribution is 0.0966. The van der Waals surface area contributed by atoms with Crippen LogP contribution in [0.1, 0.15) is 16.1 Å². The summed E-state index contributed by atoms with van der Waals surface area (Å²) in [6, 6.07) is 19.5. The zero-order valence-corrected chi connectivity index (χ0v) is 19.9. The molecule has 0 bridgehead atoms. The van der Waals surface area contributed by atoms with Crippen molar-refractivity contribution in [3.8, 4) is 11.1 Å². The average Bonchev–Trinajstić information content (AvgIpc) is 3.24. The number of urea groups is 1. The van der Waals surface area contributed by atoms with Gasteiger partial charge in [0.25, 0.3) is 5.91 Å². The van der Waals surface area contributed by atoms with Crippen molar-refractivity contribution in [3.63, 3.8) is 0 Å². The number of amides is 3. The minimum Gasteiger partial charge on any atom is -0.324 e. The van der Waals surface area contributed by atoms with E-state index in [2.05, 4.69) is 26.6 Å². The fourth-order valence-corrected chi connectivity index (χ4v) is 5.66. The van der Waals surface area contributed by atoms with Crippen molar-refractivity contribution in [3.05, 3.63) is 83.5 Å². The van der Waals surface area contributed by atoms with Gasteiger partial charge >= 0.3 is 6.03 Å². The molecule has 2 aromatic carbocycles. The van der Waals surface area contributed by atoms with Crippen molar-refractivity contribution in [1.29, 1.82) is 0 Å². The molecule has 0 unspecified atom stereocenters. The van der Waals surface area contributed by atoms with Gasteiger partial charge in [0.2, 0.25) is 0 Å². The van der Waals surface area contributed by atoms with Crippen molar-refractivity contribution in [2.45, 2.75) is 6.42 Å². The van der Waals surface area contributed by atoms with Crippen LogP contribution in [0.25, 0.3) is 21.3 Å². The Morgan fingerprint density at radius 2 is 1.91 bits per heavy atom. The van der Waals surface area contributed by atoms with E-state index < -0.39 is 0 Å². The van der Waals surface area contributed by atoms with Crippen molar-refractivity contribution in [1.82, 2.24) is 15.2 Å². The molecule has 2 N–H and O–H groups in total. The van der Waals surface area contributed by atoms with Gasteiger partial charge in [0.1, 0.15) is 9.71 Å². The van der Waals surface area contributed by atoms with Crippen LogP contribution in [-0.2, 0) is 0 Å². The first-order valence-electron chi connectivity index (χ1n) is 11.5. The van der Waals surface area contributed by atoms with E-state index in [1.165, 1.54) is 11.3 Å². The number of likely N-dealkylation sites (N-methyl/N-ethyl adjacent to an activating group) is 1. The van der Waals surface area contributed by atoms with Crippen LogP contribution >= 0.6 is 11.3 Å². The number of rotatable bonds is 4. The van der Waals surface area contributed by atoms with E-state index in [9.17, 15) is 9.59 Å². The largest absolute Gasteiger partial charge is 0.331 e. The Labute approximate surface area is 206 Å². The predicted octanol–water partition coefficient (Wildman–Crippen LogP) is 5.60. The maximum atomic E-state index is 13.4. The highest BCUT2D eigenvalue weighted by atomic mass is 32.1. The van der Waals surface area contributed by atoms with Crippen molar-refractivity contribution >= 4 is 50.6 Å². The van der Waals surface area contributed by atoms with Crippen LogP contribution in [0.5, 0.6) is 0 Å². The van der Waals surface area contributed by atoms with E-state index in [0.717, 1.165) is 40.9 Å². The van der Waals surface area contributed by atoms with E-state index in [4.69, 9.17) is 0 Å². The molecule has 3 amide bonds. The summed E-state index contributed by atoms with van der Waals surface area (Å²) in [6.45, 7) is 1.66. The first-order valence-corrected chi connectivity index (χ1v) is 12.3. The predicted molar refractivity (Wildman–Crippen MR) is 140 cm³/mol. The topological polar surface area (TPSA) is 77.6 Å². The van der Waals surface area contributed by atoms with E-state index in [1.54, 1.807) is 11.1 Å². The van der Waals surface area contributed by atoms with Gasteiger partial charge in [-0.25, -0.2) is 9.78 Å². The molecule has 35 heavy (non-hydrogen) atoms. The molecular weight excluding hydrogens is 458 g/mol. The van der Waals surface area contributed by atoms with Gasteiger partial charge in [-0.2, -0.15) is 0 Å². The maximum absolute atomic E-state index is 13.4. The lowest BCUT2D eigenvalue weighted by atomic mass is 10.0. The summed E-state index contributed by atoms with van der Waals surface area (Å²) in [5, 5.41) is 6.78. The molecule has 2 aromatic heterocycles. The smallest absolute Gasteiger partial charge is 0.324 e. The van der Waals surface area contributed by atoms with Crippen LogP contribution in [0.3, 0.4) is 0 Å². The summed E-state index contributed by atoms with van der Waals surface area (Å²) in [7, 11) is 2.03. The van der Waals surface area contributed by atoms with Crippen LogP contribution in [0.2, 0.25) is 0 Å². The third-order valence-electron chi connectivity index (χ3n) is 6.28. The Hall–Kier alpha value is -4.01. The van der Waals surface area contributed by atoms with Crippen molar-refractivity contribution in [2.24, 2.45) is 0 Å². The first-order chi connectivity index (χ1) is 17.1. The van der Waals surface area contributed by atoms with Gasteiger partial charge in [0.05, 0.1) is 22.4 Å². The van der Waals surface area contributed by atoms with Crippen LogP contribution in [0.4, 0.5) is 21.9 Å². The molecule has 2 aliphatic rings. The van der Waals surface area contributed by atoms with Gasteiger partial charge in [0, 0.05) is 25.0 Å². The normalized spacial score (nSPS) is 15.6. The van der Waals surface area contributed by atoms with Gasteiger partial charge in [0.15, 0.2) is 0 Å². The Morgan fingerprint density at radius 3 is 2.74 bits per heavy atom. The summed E-state index contributed by atoms with van der Waals surface area (Å²) in [4.78, 5) is 36.1. The molecule has 0 radical (unpaired) electrons. The van der Waals surface area contributed by atoms with Crippen molar-refractivity contribution < 1.29 is 9.59 Å². The number of nitrogens with one attached hydrogen (secondary N) is 2. The number of hydrogen-bond acceptors (Lipinski definition) is 5. The van der Waals surface area contributed by atoms with Crippen LogP contribution in [-0.4, -0.2) is 42.0 Å². The SMILES string of the molecule is CN1CCC=C(NC(=O)c2sc3nccc4c3c2NC(=O)N4c2cccc(-c3ccccc3)c2)C1. The van der Waals surface area contributed by atoms with Crippen LogP contribution in [0.15, 0.2) is 78.6 Å². The minimum absolute atomic E-state index is 0.227. The van der Waals surface area contributed by atoms with Crippen LogP contribution < -0.4 is 15.5 Å². The monoisotopic (exact) mass is 481 g/mol. The molecule has 0 aliphatic carbocycles. The molecule has 0 spiro atoms. The number of benzene rings is 2. The molecule has 7 nitrogen and oxygen atoms in total. The quantitative estimate of drug-likeness (QED) is 0.398. The Balaban J connectivity index is 1.40. The molecule has 6 rings (SSSR count). The third-order valence-corrected chi connectivity index (χ3v) is 7.38. The number of carbonyl (C=O) groups excluding carboxylic acids is 2. The molecule has 2 aliphatic heterocycles. The van der Waals surface area contributed by atoms with E-state index in [0.29, 0.717) is 27.6 Å². The van der Waals surface area contributed by atoms with Gasteiger partial charge in [-0.3, -0.25) is 9.69 Å². The molecule has 0 fully saturated rings. The Bertz CT molecular complexity index is 1490. The number of nitrogens with zero attached hydrogens (tertiary/aromatic N) is 3. The van der Waals surface area contributed by atoms with Crippen LogP contribution in [0, 0.1) is 0 Å². The molecule has 0 atom stereocenters. The number of aromatic nitrogens is 1. The highest BCUT2D eigenvalue weighted by molar-refractivity contribution is 7.21. The van der Waals surface area contributed by atoms with E-state index in [-0.39, 0.29) is 11.9 Å². The first kappa shape index (κ1) is 21.5. The second kappa shape index (κ2) is 8.65. The summed E-state index contributed by atoms with van der Waals surface area (Å²) in [5.41, 5.74) is 4.95. The number of pyridine rings is 1. The van der Waals surface area contributed by atoms with Gasteiger partial charge < -0.3 is 15.5 Å². The number of thiophene rings is 1. The molecule has 0 saturated heterocycles. The zero-order chi connectivity index (χ0) is 23.9. The fourth-order valence-electron chi connectivity index (χ4n) is 4.64. The molecule has 4 aromatic rings. The maximum Gasteiger partial charge on any atom is 0.331 e. The highest BCUT2D eigenvalue weighted by Gasteiger charge is 2.33. The average molecular weight is 482 g/mol. The fraction of sp³-hybridized carbons (Fsp3) is 0.148. The molecule has 0 saturated carbocycles. The Kier molecular flexibility index (Phi) is 5.32. The highest BCUT2D eigenvalue weighted by Crippen LogP contribution is 2.46. The summed E-state index contributed by atoms with van der Waals surface area (Å²) >= 11 is 1.29. The Morgan fingerprint density at radius 1 is 1.09 bits per heavy atom. The second-order valence-corrected chi connectivity index (χ2v) is 9.71. The lowest BCUT2D eigenvalue weighted by Gasteiger charge is -2.28. The third kappa shape index (κ3) is 3.86. The summed E-state index contributed by atoms with van der Waals surface area (Å²) < 4.78 is 0. The number of carbonyl (C=O) groups is 2. The van der Waals surface area contributed by atoms with E-state index in [1.807, 2.05) is 67.7 Å². The number of hydrogen-bond donors (Lipinski definition) is 2. The molecule has 174 valence electrons. The molecule has 8 heteroatoms. The van der Waals surface area contributed by atoms with Crippen molar-refractivity contribution in [2.75, 3.05) is 30.4 Å². The minimum atomic E-state index is -0.306. The molecule has 4 heterocycles. The lowest BCUT2D eigenvalue weighted by Crippen LogP contribution is -2.36. The van der Waals surface area contributed by atoms with Gasteiger partial charge in [-0.15, -0.1) is 11.3 Å². The van der Waals surface area contributed by atoms with Gasteiger partial charge in [-0.05, 0) is 42.8 Å². The number of anilines is 3. The second-order valence-electron chi connectivity index (χ2n) is 8.71. The zero-order valence-electron chi connectivity index (χ0n) is 19.1. The summed E-state index contributed by atoms with van der Waals surface area (Å²) in [5.74, 6) is -0.227. The van der Waals surface area contributed by atoms with E-state index >= 15 is 0 Å². The van der Waals surface area contributed by atoms with Gasteiger partial charge in [-0.1, -0.05) is 48.5 Å².